The summed E-state index contributed by atoms with van der Waals surface area (Å²) in [6.07, 6.45) is 0.773. The van der Waals surface area contributed by atoms with Crippen LogP contribution in [0.25, 0.3) is 0 Å². The van der Waals surface area contributed by atoms with Gasteiger partial charge in [-0.25, -0.2) is 4.39 Å². The molecular formula is C17H17FN2O. The fraction of sp³-hybridized carbons (Fsp3) is 0.235. The number of amides is 1. The van der Waals surface area contributed by atoms with Gasteiger partial charge in [0.05, 0.1) is 5.56 Å². The third kappa shape index (κ3) is 2.17. The van der Waals surface area contributed by atoms with E-state index in [1.54, 1.807) is 24.0 Å². The molecule has 0 aromatic heterocycles. The van der Waals surface area contributed by atoms with Crippen LogP contribution in [0.1, 0.15) is 27.0 Å². The van der Waals surface area contributed by atoms with Crippen molar-refractivity contribution in [1.82, 2.24) is 0 Å². The Kier molecular flexibility index (Phi) is 3.16. The summed E-state index contributed by atoms with van der Waals surface area (Å²) in [5.74, 6) is -0.755. The maximum absolute atomic E-state index is 14.2. The highest BCUT2D eigenvalue weighted by Crippen LogP contribution is 2.33. The molecule has 0 saturated heterocycles. The summed E-state index contributed by atoms with van der Waals surface area (Å²) in [6, 6.07) is 8.70. The summed E-state index contributed by atoms with van der Waals surface area (Å²) in [7, 11) is 0. The number of nitrogens with zero attached hydrogens (tertiary/aromatic N) is 1. The molecule has 0 spiro atoms. The first kappa shape index (κ1) is 13.6. The molecule has 0 radical (unpaired) electrons. The molecule has 108 valence electrons. The summed E-state index contributed by atoms with van der Waals surface area (Å²) < 4.78 is 14.2. The molecule has 2 N–H and O–H groups in total. The Bertz CT molecular complexity index is 740. The number of nitrogens with two attached hydrogens (primary N) is 1. The molecule has 0 aliphatic carbocycles. The smallest absolute Gasteiger partial charge is 0.261 e. The lowest BCUT2D eigenvalue weighted by atomic mass is 10.1. The van der Waals surface area contributed by atoms with Crippen LogP contribution >= 0.6 is 0 Å². The first-order valence-corrected chi connectivity index (χ1v) is 6.95. The number of fused-ring (bicyclic) bond motifs is 1. The van der Waals surface area contributed by atoms with Crippen LogP contribution < -0.4 is 10.6 Å². The second kappa shape index (κ2) is 4.88. The Morgan fingerprint density at radius 3 is 2.76 bits per heavy atom. The lowest BCUT2D eigenvalue weighted by Crippen LogP contribution is -2.29. The number of hydrogen-bond acceptors (Lipinski definition) is 2. The highest BCUT2D eigenvalue weighted by Gasteiger charge is 2.28. The maximum atomic E-state index is 14.2. The van der Waals surface area contributed by atoms with Gasteiger partial charge >= 0.3 is 0 Å². The van der Waals surface area contributed by atoms with Crippen molar-refractivity contribution in [2.24, 2.45) is 0 Å². The molecule has 1 heterocycles. The van der Waals surface area contributed by atoms with E-state index in [0.29, 0.717) is 17.8 Å². The van der Waals surface area contributed by atoms with Crippen molar-refractivity contribution in [3.8, 4) is 0 Å². The van der Waals surface area contributed by atoms with Crippen molar-refractivity contribution in [3.63, 3.8) is 0 Å². The lowest BCUT2D eigenvalue weighted by molar-refractivity contribution is 0.0985. The van der Waals surface area contributed by atoms with Crippen molar-refractivity contribution in [2.75, 3.05) is 17.2 Å². The monoisotopic (exact) mass is 284 g/mol. The number of nitrogen functional groups attached to an aromatic ring is 1. The van der Waals surface area contributed by atoms with Crippen LogP contribution in [0.2, 0.25) is 0 Å². The van der Waals surface area contributed by atoms with Gasteiger partial charge in [-0.1, -0.05) is 18.2 Å². The van der Waals surface area contributed by atoms with Crippen LogP contribution in [0.5, 0.6) is 0 Å². The van der Waals surface area contributed by atoms with Gasteiger partial charge in [0.2, 0.25) is 0 Å². The fourth-order valence-corrected chi connectivity index (χ4v) is 2.75. The Labute approximate surface area is 123 Å². The minimum atomic E-state index is -0.448. The molecule has 1 aliphatic rings. The zero-order valence-electron chi connectivity index (χ0n) is 12.1. The predicted octanol–water partition coefficient (Wildman–Crippen LogP) is 3.23. The zero-order valence-corrected chi connectivity index (χ0v) is 12.1. The van der Waals surface area contributed by atoms with E-state index in [1.165, 1.54) is 6.07 Å². The minimum absolute atomic E-state index is 0.113. The number of anilines is 2. The average Bonchev–Trinajstić information content (AvgIpc) is 2.84. The van der Waals surface area contributed by atoms with E-state index in [1.807, 2.05) is 19.1 Å². The molecule has 3 rings (SSSR count). The van der Waals surface area contributed by atoms with Gasteiger partial charge in [-0.3, -0.25) is 4.79 Å². The van der Waals surface area contributed by atoms with Crippen molar-refractivity contribution >= 4 is 17.3 Å². The standard InChI is InChI=1S/C17H17FN2O/c1-10-4-3-5-13(16(10)18)17(21)20-7-6-12-8-11(2)14(19)9-15(12)20/h3-5,8-9H,6-7,19H2,1-2H3. The minimum Gasteiger partial charge on any atom is -0.398 e. The fourth-order valence-electron chi connectivity index (χ4n) is 2.75. The topological polar surface area (TPSA) is 46.3 Å². The van der Waals surface area contributed by atoms with Gasteiger partial charge < -0.3 is 10.6 Å². The van der Waals surface area contributed by atoms with Crippen LogP contribution in [0, 0.1) is 19.7 Å². The van der Waals surface area contributed by atoms with Gasteiger partial charge in [-0.2, -0.15) is 0 Å². The highest BCUT2D eigenvalue weighted by molar-refractivity contribution is 6.07. The average molecular weight is 284 g/mol. The molecule has 3 nitrogen and oxygen atoms in total. The van der Waals surface area contributed by atoms with Gasteiger partial charge in [-0.05, 0) is 49.1 Å². The van der Waals surface area contributed by atoms with Crippen LogP contribution in [0.15, 0.2) is 30.3 Å². The van der Waals surface area contributed by atoms with E-state index in [-0.39, 0.29) is 11.5 Å². The van der Waals surface area contributed by atoms with E-state index >= 15 is 0 Å². The first-order valence-electron chi connectivity index (χ1n) is 6.95. The van der Waals surface area contributed by atoms with Crippen LogP contribution in [-0.2, 0) is 6.42 Å². The molecule has 4 heteroatoms. The van der Waals surface area contributed by atoms with E-state index in [0.717, 1.165) is 23.2 Å². The van der Waals surface area contributed by atoms with Gasteiger partial charge in [0.25, 0.3) is 5.91 Å². The van der Waals surface area contributed by atoms with Crippen LogP contribution in [0.4, 0.5) is 15.8 Å². The Hall–Kier alpha value is -2.36. The second-order valence-corrected chi connectivity index (χ2v) is 5.48. The Morgan fingerprint density at radius 1 is 1.24 bits per heavy atom. The molecule has 2 aromatic rings. The molecule has 0 bridgehead atoms. The van der Waals surface area contributed by atoms with Crippen molar-refractivity contribution in [3.05, 3.63) is 58.4 Å². The predicted molar refractivity (Wildman–Crippen MR) is 82.1 cm³/mol. The SMILES string of the molecule is Cc1cc2c(cc1N)N(C(=O)c1cccc(C)c1F)CC2. The maximum Gasteiger partial charge on any atom is 0.261 e. The van der Waals surface area contributed by atoms with Crippen LogP contribution in [-0.4, -0.2) is 12.5 Å². The zero-order chi connectivity index (χ0) is 15.1. The quantitative estimate of drug-likeness (QED) is 0.817. The number of rotatable bonds is 1. The number of benzene rings is 2. The molecule has 21 heavy (non-hydrogen) atoms. The van der Waals surface area contributed by atoms with Gasteiger partial charge in [0, 0.05) is 17.9 Å². The molecular weight excluding hydrogens is 267 g/mol. The molecule has 0 saturated carbocycles. The summed E-state index contributed by atoms with van der Waals surface area (Å²) >= 11 is 0. The lowest BCUT2D eigenvalue weighted by Gasteiger charge is -2.19. The number of carbonyl (C=O) groups excluding carboxylic acids is 1. The molecule has 1 aliphatic heterocycles. The van der Waals surface area contributed by atoms with Crippen molar-refractivity contribution in [2.45, 2.75) is 20.3 Å². The summed E-state index contributed by atoms with van der Waals surface area (Å²) in [5.41, 5.74) is 10.1. The van der Waals surface area contributed by atoms with E-state index in [2.05, 4.69) is 0 Å². The molecule has 2 aromatic carbocycles. The molecule has 1 amide bonds. The largest absolute Gasteiger partial charge is 0.398 e. The number of carbonyl (C=O) groups is 1. The van der Waals surface area contributed by atoms with E-state index in [9.17, 15) is 9.18 Å². The van der Waals surface area contributed by atoms with Crippen molar-refractivity contribution in [1.29, 1.82) is 0 Å². The molecule has 0 fully saturated rings. The van der Waals surface area contributed by atoms with E-state index < -0.39 is 5.82 Å². The van der Waals surface area contributed by atoms with Crippen molar-refractivity contribution < 1.29 is 9.18 Å². The summed E-state index contributed by atoms with van der Waals surface area (Å²) in [5, 5.41) is 0. The van der Waals surface area contributed by atoms with E-state index in [4.69, 9.17) is 5.73 Å². The third-order valence-electron chi connectivity index (χ3n) is 4.03. The Balaban J connectivity index is 2.03. The number of halogens is 1. The van der Waals surface area contributed by atoms with Crippen LogP contribution in [0.3, 0.4) is 0 Å². The second-order valence-electron chi connectivity index (χ2n) is 5.48. The number of hydrogen-bond donors (Lipinski definition) is 1. The normalized spacial score (nSPS) is 13.4. The van der Waals surface area contributed by atoms with Gasteiger partial charge in [0.15, 0.2) is 0 Å². The molecule has 0 atom stereocenters. The van der Waals surface area contributed by atoms with Gasteiger partial charge in [-0.15, -0.1) is 0 Å². The third-order valence-corrected chi connectivity index (χ3v) is 4.03. The molecule has 0 unspecified atom stereocenters. The first-order chi connectivity index (χ1) is 9.99. The Morgan fingerprint density at radius 2 is 2.00 bits per heavy atom. The summed E-state index contributed by atoms with van der Waals surface area (Å²) in [4.78, 5) is 14.2. The number of aryl methyl sites for hydroxylation is 2. The van der Waals surface area contributed by atoms with Gasteiger partial charge in [0.1, 0.15) is 5.82 Å². The summed E-state index contributed by atoms with van der Waals surface area (Å²) in [6.45, 7) is 4.16. The highest BCUT2D eigenvalue weighted by atomic mass is 19.1.